The fraction of sp³-hybridized carbons (Fsp3) is 0.444. The number of aryl methyl sites for hydroxylation is 1. The molecule has 0 aromatic carbocycles. The Morgan fingerprint density at radius 1 is 1.61 bits per heavy atom. The van der Waals surface area contributed by atoms with E-state index in [-0.39, 0.29) is 9.77 Å². The summed E-state index contributed by atoms with van der Waals surface area (Å²) in [7, 11) is 1.27. The minimum atomic E-state index is -4.01. The topological polar surface area (TPSA) is 69.7 Å². The van der Waals surface area contributed by atoms with Crippen LogP contribution in [0.3, 0.4) is 0 Å². The Morgan fingerprint density at radius 2 is 2.22 bits per heavy atom. The van der Waals surface area contributed by atoms with Crippen LogP contribution in [0.1, 0.15) is 21.7 Å². The highest BCUT2D eigenvalue weighted by Crippen LogP contribution is 2.36. The first-order valence-electron chi connectivity index (χ1n) is 4.82. The Hall–Kier alpha value is -0.340. The Labute approximate surface area is 117 Å². The molecule has 0 bridgehead atoms. The van der Waals surface area contributed by atoms with Gasteiger partial charge in [0, 0.05) is 10.7 Å². The van der Waals surface area contributed by atoms with Crippen molar-refractivity contribution in [3.63, 3.8) is 0 Å². The number of thiophene rings is 1. The fourth-order valence-electron chi connectivity index (χ4n) is 1.41. The van der Waals surface area contributed by atoms with Crippen molar-refractivity contribution in [3.8, 4) is 0 Å². The summed E-state index contributed by atoms with van der Waals surface area (Å²) in [5.74, 6) is -0.859. The van der Waals surface area contributed by atoms with Crippen LogP contribution in [0.4, 0.5) is 0 Å². The van der Waals surface area contributed by atoms with Crippen molar-refractivity contribution in [2.45, 2.75) is 23.5 Å². The molecule has 0 saturated carbocycles. The zero-order valence-electron chi connectivity index (χ0n) is 9.11. The lowest BCUT2D eigenvalue weighted by molar-refractivity contribution is -0.220. The van der Waals surface area contributed by atoms with Gasteiger partial charge in [0.1, 0.15) is 9.77 Å². The summed E-state index contributed by atoms with van der Waals surface area (Å²) in [4.78, 5) is 11.5. The van der Waals surface area contributed by atoms with Crippen LogP contribution in [-0.4, -0.2) is 26.2 Å². The maximum absolute atomic E-state index is 11.8. The molecule has 1 aromatic heterocycles. The highest BCUT2D eigenvalue weighted by Gasteiger charge is 2.42. The third-order valence-corrected chi connectivity index (χ3v) is 5.37. The van der Waals surface area contributed by atoms with E-state index in [1.165, 1.54) is 5.38 Å². The second-order valence-corrected chi connectivity index (χ2v) is 7.62. The van der Waals surface area contributed by atoms with E-state index in [0.717, 1.165) is 11.3 Å². The molecule has 9 heteroatoms. The van der Waals surface area contributed by atoms with Crippen molar-refractivity contribution < 1.29 is 22.7 Å². The lowest BCUT2D eigenvalue weighted by Gasteiger charge is -2.34. The Bertz CT molecular complexity index is 588. The van der Waals surface area contributed by atoms with E-state index in [4.69, 9.17) is 31.8 Å². The number of carbonyl (C=O) groups excluding carboxylic acids is 1. The third kappa shape index (κ3) is 2.65. The number of rotatable bonds is 3. The largest absolute Gasteiger partial charge is 0.414 e. The van der Waals surface area contributed by atoms with Crippen molar-refractivity contribution in [3.05, 3.63) is 15.8 Å². The monoisotopic (exact) mass is 330 g/mol. The van der Waals surface area contributed by atoms with Crippen LogP contribution in [0, 0.1) is 6.92 Å². The van der Waals surface area contributed by atoms with Gasteiger partial charge in [0.2, 0.25) is 0 Å². The number of halogens is 2. The lowest BCUT2D eigenvalue weighted by atomic mass is 10.3. The Balaban J connectivity index is 2.31. The van der Waals surface area contributed by atoms with Gasteiger partial charge in [-0.1, -0.05) is 0 Å². The number of hydrogen-bond donors (Lipinski definition) is 0. The molecule has 0 spiro atoms. The predicted molar refractivity (Wildman–Crippen MR) is 66.7 cm³/mol. The molecule has 2 rings (SSSR count). The first-order chi connectivity index (χ1) is 8.23. The van der Waals surface area contributed by atoms with Gasteiger partial charge >= 0.3 is 5.97 Å². The van der Waals surface area contributed by atoms with Gasteiger partial charge in [-0.15, -0.1) is 11.3 Å². The molecule has 0 amide bonds. The molecule has 1 aromatic rings. The standard InChI is InChI=1S/C9H8Cl2O5S2/c1-5-4-17-6(7(5)18(11,13)14)8(12)16-9(10)2-3-15-9/h4H,2-3H2,1H3. The van der Waals surface area contributed by atoms with Crippen molar-refractivity contribution in [1.82, 2.24) is 0 Å². The van der Waals surface area contributed by atoms with Crippen molar-refractivity contribution in [2.24, 2.45) is 0 Å². The predicted octanol–water partition coefficient (Wildman–Crippen LogP) is 2.45. The number of alkyl halides is 1. The molecule has 1 fully saturated rings. The SMILES string of the molecule is Cc1csc(C(=O)OC2(Cl)CCO2)c1S(=O)(=O)Cl. The summed E-state index contributed by atoms with van der Waals surface area (Å²) in [6.07, 6.45) is 0.355. The van der Waals surface area contributed by atoms with Crippen LogP contribution in [0.15, 0.2) is 10.3 Å². The van der Waals surface area contributed by atoms with E-state index >= 15 is 0 Å². The van der Waals surface area contributed by atoms with E-state index in [0.29, 0.717) is 18.6 Å². The first kappa shape index (κ1) is 14.1. The van der Waals surface area contributed by atoms with Crippen LogP contribution in [0.25, 0.3) is 0 Å². The molecule has 5 nitrogen and oxygen atoms in total. The molecule has 1 unspecified atom stereocenters. The smallest absolute Gasteiger partial charge is 0.353 e. The fourth-order valence-corrected chi connectivity index (χ4v) is 4.48. The van der Waals surface area contributed by atoms with Crippen LogP contribution in [-0.2, 0) is 18.5 Å². The second-order valence-electron chi connectivity index (χ2n) is 3.66. The summed E-state index contributed by atoms with van der Waals surface area (Å²) >= 11 is 6.72. The first-order valence-corrected chi connectivity index (χ1v) is 8.38. The molecule has 100 valence electrons. The van der Waals surface area contributed by atoms with Crippen LogP contribution < -0.4 is 0 Å². The molecule has 18 heavy (non-hydrogen) atoms. The third-order valence-electron chi connectivity index (χ3n) is 2.31. The number of ether oxygens (including phenoxy) is 2. The Morgan fingerprint density at radius 3 is 2.67 bits per heavy atom. The van der Waals surface area contributed by atoms with Gasteiger partial charge in [-0.25, -0.2) is 13.2 Å². The van der Waals surface area contributed by atoms with Crippen LogP contribution in [0.5, 0.6) is 0 Å². The van der Waals surface area contributed by atoms with Crippen molar-refractivity contribution in [1.29, 1.82) is 0 Å². The van der Waals surface area contributed by atoms with Crippen LogP contribution in [0.2, 0.25) is 0 Å². The molecular formula is C9H8Cl2O5S2. The van der Waals surface area contributed by atoms with E-state index in [9.17, 15) is 13.2 Å². The summed E-state index contributed by atoms with van der Waals surface area (Å²) in [5.41, 5.74) is 0.389. The molecule has 1 saturated heterocycles. The van der Waals surface area contributed by atoms with E-state index in [1.807, 2.05) is 0 Å². The van der Waals surface area contributed by atoms with Gasteiger partial charge in [0.05, 0.1) is 13.0 Å². The highest BCUT2D eigenvalue weighted by molar-refractivity contribution is 8.14. The summed E-state index contributed by atoms with van der Waals surface area (Å²) in [6.45, 7) is 1.93. The minimum Gasteiger partial charge on any atom is -0.414 e. The lowest BCUT2D eigenvalue weighted by Crippen LogP contribution is -2.42. The van der Waals surface area contributed by atoms with Gasteiger partial charge < -0.3 is 9.47 Å². The summed E-state index contributed by atoms with van der Waals surface area (Å²) in [5, 5.41) is 0.0245. The van der Waals surface area contributed by atoms with Crippen molar-refractivity contribution >= 4 is 48.6 Å². The normalized spacial score (nSPS) is 23.5. The quantitative estimate of drug-likeness (QED) is 0.483. The average Bonchev–Trinajstić information content (AvgIpc) is 2.57. The van der Waals surface area contributed by atoms with Gasteiger partial charge in [0.25, 0.3) is 14.3 Å². The number of carbonyl (C=O) groups is 1. The summed E-state index contributed by atoms with van der Waals surface area (Å²) in [6, 6.07) is 0. The van der Waals surface area contributed by atoms with Gasteiger partial charge in [-0.05, 0) is 29.5 Å². The maximum Gasteiger partial charge on any atom is 0.353 e. The van der Waals surface area contributed by atoms with Gasteiger partial charge in [-0.3, -0.25) is 0 Å². The molecule has 0 aliphatic carbocycles. The zero-order chi connectivity index (χ0) is 13.6. The summed E-state index contributed by atoms with van der Waals surface area (Å²) < 4.78 is 32.6. The van der Waals surface area contributed by atoms with E-state index < -0.39 is 20.3 Å². The minimum absolute atomic E-state index is 0.0991. The maximum atomic E-state index is 11.8. The highest BCUT2D eigenvalue weighted by atomic mass is 35.7. The molecule has 0 radical (unpaired) electrons. The Kier molecular flexibility index (Phi) is 3.63. The molecule has 1 aliphatic rings. The van der Waals surface area contributed by atoms with E-state index in [2.05, 4.69) is 0 Å². The zero-order valence-corrected chi connectivity index (χ0v) is 12.3. The van der Waals surface area contributed by atoms with E-state index in [1.54, 1.807) is 6.92 Å². The molecule has 1 aliphatic heterocycles. The van der Waals surface area contributed by atoms with Gasteiger partial charge in [-0.2, -0.15) is 0 Å². The number of hydrogen-bond acceptors (Lipinski definition) is 6. The van der Waals surface area contributed by atoms with Gasteiger partial charge in [0.15, 0.2) is 0 Å². The second kappa shape index (κ2) is 4.64. The molecule has 0 N–H and O–H groups in total. The number of esters is 1. The average molecular weight is 331 g/mol. The molecule has 2 heterocycles. The van der Waals surface area contributed by atoms with Crippen LogP contribution >= 0.6 is 33.6 Å². The van der Waals surface area contributed by atoms with Crippen molar-refractivity contribution in [2.75, 3.05) is 6.61 Å². The molecule has 1 atom stereocenters. The molecular weight excluding hydrogens is 323 g/mol.